The highest BCUT2D eigenvalue weighted by Gasteiger charge is 2.14. The Kier molecular flexibility index (Phi) is 3.30. The van der Waals surface area contributed by atoms with Crippen molar-refractivity contribution in [2.75, 3.05) is 5.73 Å². The molecule has 0 aliphatic heterocycles. The summed E-state index contributed by atoms with van der Waals surface area (Å²) >= 11 is 12.0. The van der Waals surface area contributed by atoms with Crippen LogP contribution in [0.2, 0.25) is 10.0 Å². The number of anilines is 1. The fraction of sp³-hybridized carbons (Fsp3) is 0. The molecule has 5 nitrogen and oxygen atoms in total. The average molecular weight is 307 g/mol. The first-order valence-electron chi connectivity index (χ1n) is 5.65. The number of hydrogen-bond donors (Lipinski definition) is 1. The summed E-state index contributed by atoms with van der Waals surface area (Å²) < 4.78 is 5.20. The van der Waals surface area contributed by atoms with Crippen molar-refractivity contribution >= 4 is 28.9 Å². The topological polar surface area (TPSA) is 77.8 Å². The number of halogens is 2. The van der Waals surface area contributed by atoms with Crippen LogP contribution in [0.25, 0.3) is 23.0 Å². The van der Waals surface area contributed by atoms with Gasteiger partial charge >= 0.3 is 0 Å². The van der Waals surface area contributed by atoms with Gasteiger partial charge in [-0.2, -0.15) is 4.98 Å². The molecule has 1 aromatic carbocycles. The SMILES string of the molecule is Nc1c(Cl)cc(-c2nc(-c3ccccn3)no2)cc1Cl. The third-order valence-electron chi connectivity index (χ3n) is 2.65. The molecule has 0 saturated carbocycles. The molecule has 0 radical (unpaired) electrons. The van der Waals surface area contributed by atoms with Crippen molar-refractivity contribution in [3.63, 3.8) is 0 Å². The second-order valence-corrected chi connectivity index (χ2v) is 4.81. The van der Waals surface area contributed by atoms with E-state index in [1.807, 2.05) is 12.1 Å². The van der Waals surface area contributed by atoms with Gasteiger partial charge in [-0.25, -0.2) is 0 Å². The molecule has 7 heteroatoms. The summed E-state index contributed by atoms with van der Waals surface area (Å²) in [6.07, 6.45) is 1.66. The van der Waals surface area contributed by atoms with Gasteiger partial charge < -0.3 is 10.3 Å². The molecular formula is C13H8Cl2N4O. The summed E-state index contributed by atoms with van der Waals surface area (Å²) in [7, 11) is 0. The third-order valence-corrected chi connectivity index (χ3v) is 3.27. The summed E-state index contributed by atoms with van der Waals surface area (Å²) in [4.78, 5) is 8.41. The summed E-state index contributed by atoms with van der Waals surface area (Å²) in [6, 6.07) is 8.69. The van der Waals surface area contributed by atoms with Gasteiger partial charge in [0.15, 0.2) is 0 Å². The van der Waals surface area contributed by atoms with E-state index in [1.54, 1.807) is 24.4 Å². The molecule has 0 amide bonds. The maximum atomic E-state index is 5.98. The average Bonchev–Trinajstić information content (AvgIpc) is 2.95. The quantitative estimate of drug-likeness (QED) is 0.731. The van der Waals surface area contributed by atoms with Crippen LogP contribution in [-0.2, 0) is 0 Å². The van der Waals surface area contributed by atoms with Gasteiger partial charge in [-0.15, -0.1) is 0 Å². The Morgan fingerprint density at radius 3 is 2.50 bits per heavy atom. The van der Waals surface area contributed by atoms with E-state index in [-0.39, 0.29) is 0 Å². The number of benzene rings is 1. The summed E-state index contributed by atoms with van der Waals surface area (Å²) in [5.74, 6) is 0.694. The molecule has 0 bridgehead atoms. The van der Waals surface area contributed by atoms with Gasteiger partial charge in [0.1, 0.15) is 5.69 Å². The minimum Gasteiger partial charge on any atom is -0.396 e. The van der Waals surface area contributed by atoms with Gasteiger partial charge in [0.25, 0.3) is 5.89 Å². The Labute approximate surface area is 124 Å². The van der Waals surface area contributed by atoms with Crippen LogP contribution in [0.5, 0.6) is 0 Å². The van der Waals surface area contributed by atoms with Crippen molar-refractivity contribution < 1.29 is 4.52 Å². The highest BCUT2D eigenvalue weighted by atomic mass is 35.5. The molecule has 2 N–H and O–H groups in total. The molecule has 0 fully saturated rings. The van der Waals surface area contributed by atoms with Gasteiger partial charge in [-0.3, -0.25) is 4.98 Å². The first-order chi connectivity index (χ1) is 9.65. The van der Waals surface area contributed by atoms with E-state index in [4.69, 9.17) is 33.5 Å². The van der Waals surface area contributed by atoms with Crippen molar-refractivity contribution in [3.8, 4) is 23.0 Å². The van der Waals surface area contributed by atoms with E-state index in [9.17, 15) is 0 Å². The number of nitrogen functional groups attached to an aromatic ring is 1. The van der Waals surface area contributed by atoms with Crippen LogP contribution in [0, 0.1) is 0 Å². The van der Waals surface area contributed by atoms with E-state index >= 15 is 0 Å². The van der Waals surface area contributed by atoms with E-state index in [0.717, 1.165) is 0 Å². The Morgan fingerprint density at radius 2 is 1.85 bits per heavy atom. The fourth-order valence-electron chi connectivity index (χ4n) is 1.65. The fourth-order valence-corrected chi connectivity index (χ4v) is 2.13. The smallest absolute Gasteiger partial charge is 0.258 e. The molecule has 100 valence electrons. The molecule has 20 heavy (non-hydrogen) atoms. The minimum absolute atomic E-state index is 0.300. The number of rotatable bonds is 2. The van der Waals surface area contributed by atoms with E-state index in [1.165, 1.54) is 0 Å². The molecule has 3 aromatic rings. The first kappa shape index (κ1) is 12.9. The van der Waals surface area contributed by atoms with Crippen molar-refractivity contribution in [2.24, 2.45) is 0 Å². The number of aromatic nitrogens is 3. The van der Waals surface area contributed by atoms with Gasteiger partial charge in [0.2, 0.25) is 5.82 Å². The first-order valence-corrected chi connectivity index (χ1v) is 6.41. The summed E-state index contributed by atoms with van der Waals surface area (Å²) in [5, 5.41) is 4.55. The van der Waals surface area contributed by atoms with Crippen LogP contribution in [-0.4, -0.2) is 15.1 Å². The second-order valence-electron chi connectivity index (χ2n) is 3.99. The molecule has 0 aliphatic rings. The minimum atomic E-state index is 0.300. The Balaban J connectivity index is 2.03. The molecule has 0 atom stereocenters. The van der Waals surface area contributed by atoms with Crippen LogP contribution in [0.3, 0.4) is 0 Å². The highest BCUT2D eigenvalue weighted by Crippen LogP contribution is 2.33. The lowest BCUT2D eigenvalue weighted by Gasteiger charge is -2.02. The Morgan fingerprint density at radius 1 is 1.10 bits per heavy atom. The van der Waals surface area contributed by atoms with Crippen LogP contribution >= 0.6 is 23.2 Å². The van der Waals surface area contributed by atoms with Gasteiger partial charge in [-0.1, -0.05) is 34.4 Å². The zero-order valence-electron chi connectivity index (χ0n) is 10.0. The largest absolute Gasteiger partial charge is 0.396 e. The van der Waals surface area contributed by atoms with Crippen LogP contribution in [0.1, 0.15) is 0 Å². The van der Waals surface area contributed by atoms with Gasteiger partial charge in [0, 0.05) is 11.8 Å². The summed E-state index contributed by atoms with van der Waals surface area (Å²) in [5.41, 5.74) is 7.23. The maximum absolute atomic E-state index is 5.98. The lowest BCUT2D eigenvalue weighted by atomic mass is 10.2. The maximum Gasteiger partial charge on any atom is 0.258 e. The molecule has 2 aromatic heterocycles. The Bertz CT molecular complexity index is 735. The number of nitrogens with zero attached hydrogens (tertiary/aromatic N) is 3. The van der Waals surface area contributed by atoms with Crippen LogP contribution < -0.4 is 5.73 Å². The molecule has 0 unspecified atom stereocenters. The van der Waals surface area contributed by atoms with Crippen molar-refractivity contribution in [3.05, 3.63) is 46.6 Å². The van der Waals surface area contributed by atoms with Gasteiger partial charge in [-0.05, 0) is 24.3 Å². The van der Waals surface area contributed by atoms with Crippen molar-refractivity contribution in [2.45, 2.75) is 0 Å². The monoisotopic (exact) mass is 306 g/mol. The predicted octanol–water partition coefficient (Wildman–Crippen LogP) is 3.69. The number of nitrogens with two attached hydrogens (primary N) is 1. The molecule has 0 spiro atoms. The predicted molar refractivity (Wildman–Crippen MR) is 77.4 cm³/mol. The lowest BCUT2D eigenvalue weighted by Crippen LogP contribution is -1.89. The molecule has 2 heterocycles. The second kappa shape index (κ2) is 5.11. The summed E-state index contributed by atoms with van der Waals surface area (Å²) in [6.45, 7) is 0. The van der Waals surface area contributed by atoms with E-state index in [2.05, 4.69) is 15.1 Å². The molecular weight excluding hydrogens is 299 g/mol. The lowest BCUT2D eigenvalue weighted by molar-refractivity contribution is 0.432. The zero-order chi connectivity index (χ0) is 14.1. The van der Waals surface area contributed by atoms with Crippen LogP contribution in [0.15, 0.2) is 41.1 Å². The normalized spacial score (nSPS) is 10.7. The highest BCUT2D eigenvalue weighted by molar-refractivity contribution is 6.39. The molecule has 3 rings (SSSR count). The van der Waals surface area contributed by atoms with Crippen molar-refractivity contribution in [1.29, 1.82) is 0 Å². The van der Waals surface area contributed by atoms with Crippen LogP contribution in [0.4, 0.5) is 5.69 Å². The molecule has 0 aliphatic carbocycles. The third kappa shape index (κ3) is 2.33. The Hall–Kier alpha value is -2.11. The van der Waals surface area contributed by atoms with E-state index in [0.29, 0.717) is 38.7 Å². The van der Waals surface area contributed by atoms with E-state index < -0.39 is 0 Å². The number of pyridine rings is 1. The molecule has 0 saturated heterocycles. The van der Waals surface area contributed by atoms with Crippen molar-refractivity contribution in [1.82, 2.24) is 15.1 Å². The van der Waals surface area contributed by atoms with Gasteiger partial charge in [0.05, 0.1) is 15.7 Å². The zero-order valence-corrected chi connectivity index (χ0v) is 11.6. The number of hydrogen-bond acceptors (Lipinski definition) is 5. The standard InChI is InChI=1S/C13H8Cl2N4O/c14-8-5-7(6-9(15)11(8)16)13-18-12(19-20-13)10-3-1-2-4-17-10/h1-6H,16H2.